The summed E-state index contributed by atoms with van der Waals surface area (Å²) < 4.78 is 1.41. The second kappa shape index (κ2) is 3.12. The number of rotatable bonds is 0. The molecule has 2 heterocycles. The van der Waals surface area contributed by atoms with Gasteiger partial charge in [-0.15, -0.1) is 0 Å². The van der Waals surface area contributed by atoms with E-state index in [4.69, 9.17) is 0 Å². The maximum atomic E-state index is 11.1. The fourth-order valence-corrected chi connectivity index (χ4v) is 2.09. The molecule has 1 atom stereocenters. The van der Waals surface area contributed by atoms with Gasteiger partial charge in [-0.25, -0.2) is 4.68 Å². The highest BCUT2D eigenvalue weighted by atomic mass is 32.2. The summed E-state index contributed by atoms with van der Waals surface area (Å²) in [4.78, 5) is 14.9. The smallest absolute Gasteiger partial charge is 0.295 e. The van der Waals surface area contributed by atoms with Crippen molar-refractivity contribution in [1.82, 2.24) is 14.8 Å². The number of thioether (sulfide) groups is 1. The van der Waals surface area contributed by atoms with Crippen molar-refractivity contribution < 1.29 is 5.11 Å². The number of aliphatic hydroxyl groups is 1. The lowest BCUT2D eigenvalue weighted by Crippen LogP contribution is -2.27. The van der Waals surface area contributed by atoms with Crippen molar-refractivity contribution >= 4 is 11.8 Å². The molecule has 6 heteroatoms. The molecular weight excluding hydrogens is 190 g/mol. The monoisotopic (exact) mass is 199 g/mol. The molecule has 1 N–H and O–H groups in total. The maximum Gasteiger partial charge on any atom is 0.295 e. The Balaban J connectivity index is 2.58. The van der Waals surface area contributed by atoms with Crippen molar-refractivity contribution in [3.63, 3.8) is 0 Å². The Morgan fingerprint density at radius 2 is 2.46 bits per heavy atom. The third-order valence-electron chi connectivity index (χ3n) is 1.85. The number of fused-ring (bicyclic) bond motifs is 1. The van der Waals surface area contributed by atoms with Crippen LogP contribution in [0.5, 0.6) is 0 Å². The van der Waals surface area contributed by atoms with Crippen molar-refractivity contribution in [2.75, 3.05) is 5.75 Å². The van der Waals surface area contributed by atoms with Gasteiger partial charge >= 0.3 is 0 Å². The average Bonchev–Trinajstić information content (AvgIpc) is 2.09. The van der Waals surface area contributed by atoms with Gasteiger partial charge in [0.25, 0.3) is 5.56 Å². The van der Waals surface area contributed by atoms with Gasteiger partial charge in [0.2, 0.25) is 0 Å². The van der Waals surface area contributed by atoms with Crippen LogP contribution in [0.15, 0.2) is 9.95 Å². The molecule has 0 radical (unpaired) electrons. The summed E-state index contributed by atoms with van der Waals surface area (Å²) in [5.41, 5.74) is 0.0122. The highest BCUT2D eigenvalue weighted by Gasteiger charge is 2.19. The van der Waals surface area contributed by atoms with Gasteiger partial charge in [0, 0.05) is 12.2 Å². The van der Waals surface area contributed by atoms with Gasteiger partial charge < -0.3 is 5.11 Å². The standard InChI is InChI=1S/C7H9N3O2S/c1-4-6(12)8-7-10(9-4)5(11)2-3-13-7/h5,11H,2-3H2,1H3. The number of aromatic nitrogens is 3. The van der Waals surface area contributed by atoms with Gasteiger partial charge in [-0.05, 0) is 6.92 Å². The van der Waals surface area contributed by atoms with E-state index in [9.17, 15) is 9.90 Å². The van der Waals surface area contributed by atoms with Gasteiger partial charge in [0.15, 0.2) is 11.4 Å². The van der Waals surface area contributed by atoms with E-state index in [1.807, 2.05) is 0 Å². The summed E-state index contributed by atoms with van der Waals surface area (Å²) in [6.07, 6.45) is 0.0114. The molecule has 2 rings (SSSR count). The van der Waals surface area contributed by atoms with Crippen molar-refractivity contribution in [3.8, 4) is 0 Å². The third-order valence-corrected chi connectivity index (χ3v) is 2.83. The van der Waals surface area contributed by atoms with E-state index in [-0.39, 0.29) is 5.56 Å². The zero-order valence-electron chi connectivity index (χ0n) is 7.10. The minimum absolute atomic E-state index is 0.312. The van der Waals surface area contributed by atoms with E-state index in [2.05, 4.69) is 10.1 Å². The Kier molecular flexibility index (Phi) is 2.09. The van der Waals surface area contributed by atoms with Crippen LogP contribution in [0, 0.1) is 6.92 Å². The van der Waals surface area contributed by atoms with Crippen molar-refractivity contribution in [2.45, 2.75) is 24.7 Å². The highest BCUT2D eigenvalue weighted by molar-refractivity contribution is 7.99. The largest absolute Gasteiger partial charge is 0.372 e. The number of aryl methyl sites for hydroxylation is 1. The molecule has 0 aromatic carbocycles. The first-order chi connectivity index (χ1) is 6.18. The molecule has 0 spiro atoms. The van der Waals surface area contributed by atoms with E-state index in [0.717, 1.165) is 5.75 Å². The van der Waals surface area contributed by atoms with Crippen LogP contribution in [0.2, 0.25) is 0 Å². The third kappa shape index (κ3) is 1.47. The van der Waals surface area contributed by atoms with Crippen LogP contribution in [0.3, 0.4) is 0 Å². The van der Waals surface area contributed by atoms with E-state index in [0.29, 0.717) is 17.3 Å². The molecular formula is C7H9N3O2S. The van der Waals surface area contributed by atoms with E-state index in [1.54, 1.807) is 6.92 Å². The molecule has 1 unspecified atom stereocenters. The minimum Gasteiger partial charge on any atom is -0.372 e. The normalized spacial score (nSPS) is 21.2. The Labute approximate surface area is 78.8 Å². The molecule has 13 heavy (non-hydrogen) atoms. The van der Waals surface area contributed by atoms with E-state index >= 15 is 0 Å². The first-order valence-corrected chi connectivity index (χ1v) is 4.95. The maximum absolute atomic E-state index is 11.1. The number of hydrogen-bond donors (Lipinski definition) is 1. The van der Waals surface area contributed by atoms with Crippen molar-refractivity contribution in [2.24, 2.45) is 0 Å². The van der Waals surface area contributed by atoms with Crippen LogP contribution in [0.25, 0.3) is 0 Å². The second-order valence-corrected chi connectivity index (χ2v) is 3.91. The van der Waals surface area contributed by atoms with Gasteiger partial charge in [-0.3, -0.25) is 4.79 Å². The number of hydrogen-bond acceptors (Lipinski definition) is 5. The predicted octanol–water partition coefficient (Wildman–Crippen LogP) is -0.0666. The lowest BCUT2D eigenvalue weighted by atomic mass is 10.4. The lowest BCUT2D eigenvalue weighted by molar-refractivity contribution is 0.0691. The number of aliphatic hydroxyl groups excluding tert-OH is 1. The van der Waals surface area contributed by atoms with Gasteiger partial charge in [0.1, 0.15) is 5.69 Å². The van der Waals surface area contributed by atoms with Crippen LogP contribution in [-0.4, -0.2) is 25.6 Å². The van der Waals surface area contributed by atoms with Gasteiger partial charge in [-0.1, -0.05) is 11.8 Å². The Hall–Kier alpha value is -0.880. The van der Waals surface area contributed by atoms with Gasteiger partial charge in [-0.2, -0.15) is 10.1 Å². The Morgan fingerprint density at radius 3 is 3.23 bits per heavy atom. The lowest BCUT2D eigenvalue weighted by Gasteiger charge is -2.20. The average molecular weight is 199 g/mol. The highest BCUT2D eigenvalue weighted by Crippen LogP contribution is 2.25. The van der Waals surface area contributed by atoms with Crippen LogP contribution >= 0.6 is 11.8 Å². The first-order valence-electron chi connectivity index (χ1n) is 3.97. The van der Waals surface area contributed by atoms with Crippen molar-refractivity contribution in [1.29, 1.82) is 0 Å². The fourth-order valence-electron chi connectivity index (χ4n) is 1.14. The molecule has 0 saturated heterocycles. The molecule has 5 nitrogen and oxygen atoms in total. The van der Waals surface area contributed by atoms with Crippen LogP contribution in [-0.2, 0) is 0 Å². The predicted molar refractivity (Wildman–Crippen MR) is 47.6 cm³/mol. The molecule has 0 saturated carbocycles. The zero-order valence-corrected chi connectivity index (χ0v) is 7.91. The summed E-state index contributed by atoms with van der Waals surface area (Å²) >= 11 is 1.44. The summed E-state index contributed by atoms with van der Waals surface area (Å²) in [6, 6.07) is 0. The molecule has 1 aromatic heterocycles. The SMILES string of the molecule is Cc1nn2c(nc1=O)SCCC2O. The van der Waals surface area contributed by atoms with E-state index < -0.39 is 6.23 Å². The minimum atomic E-state index is -0.636. The zero-order chi connectivity index (χ0) is 9.42. The molecule has 0 aliphatic carbocycles. The van der Waals surface area contributed by atoms with Crippen LogP contribution in [0.4, 0.5) is 0 Å². The Morgan fingerprint density at radius 1 is 1.69 bits per heavy atom. The first kappa shape index (κ1) is 8.71. The molecule has 1 aliphatic heterocycles. The Bertz CT molecular complexity index is 390. The summed E-state index contributed by atoms with van der Waals surface area (Å²) in [6.45, 7) is 1.59. The topological polar surface area (TPSA) is 68.0 Å². The molecule has 1 aromatic rings. The fraction of sp³-hybridized carbons (Fsp3) is 0.571. The quantitative estimate of drug-likeness (QED) is 0.633. The van der Waals surface area contributed by atoms with Crippen LogP contribution in [0.1, 0.15) is 18.3 Å². The molecule has 1 aliphatic rings. The van der Waals surface area contributed by atoms with Gasteiger partial charge in [0.05, 0.1) is 0 Å². The van der Waals surface area contributed by atoms with Crippen molar-refractivity contribution in [3.05, 3.63) is 16.0 Å². The molecule has 0 bridgehead atoms. The molecule has 70 valence electrons. The van der Waals surface area contributed by atoms with Crippen LogP contribution < -0.4 is 5.56 Å². The second-order valence-electron chi connectivity index (χ2n) is 2.85. The summed E-state index contributed by atoms with van der Waals surface area (Å²) in [7, 11) is 0. The molecule has 0 amide bonds. The summed E-state index contributed by atoms with van der Waals surface area (Å²) in [5.74, 6) is 0.776. The molecule has 0 fully saturated rings. The van der Waals surface area contributed by atoms with E-state index in [1.165, 1.54) is 16.4 Å². The number of nitrogens with zero attached hydrogens (tertiary/aromatic N) is 3. The summed E-state index contributed by atoms with van der Waals surface area (Å²) in [5, 5.41) is 14.0.